The first-order valence-electron chi connectivity index (χ1n) is 5.48. The molecule has 0 radical (unpaired) electrons. The molecule has 2 aliphatic rings. The van der Waals surface area contributed by atoms with Gasteiger partial charge >= 0.3 is 0 Å². The van der Waals surface area contributed by atoms with E-state index in [1.54, 1.807) is 0 Å². The summed E-state index contributed by atoms with van der Waals surface area (Å²) in [5.41, 5.74) is 0. The quantitative estimate of drug-likeness (QED) is 0.567. The Bertz CT molecular complexity index is 257. The Morgan fingerprint density at radius 1 is 1.60 bits per heavy atom. The van der Waals surface area contributed by atoms with Crippen molar-refractivity contribution >= 4 is 5.84 Å². The molecule has 0 saturated carbocycles. The van der Waals surface area contributed by atoms with Gasteiger partial charge in [0, 0.05) is 13.0 Å². The van der Waals surface area contributed by atoms with Crippen LogP contribution in [0, 0.1) is 0 Å². The summed E-state index contributed by atoms with van der Waals surface area (Å²) in [6.07, 6.45) is 0.426. The maximum absolute atomic E-state index is 9.67. The molecule has 4 atom stereocenters. The smallest absolute Gasteiger partial charge is 0.107 e. The molecule has 86 valence electrons. The van der Waals surface area contributed by atoms with E-state index in [0.717, 1.165) is 18.8 Å². The Morgan fingerprint density at radius 2 is 2.40 bits per heavy atom. The van der Waals surface area contributed by atoms with E-state index in [4.69, 9.17) is 9.84 Å². The van der Waals surface area contributed by atoms with Crippen molar-refractivity contribution < 1.29 is 14.9 Å². The van der Waals surface area contributed by atoms with Gasteiger partial charge in [-0.25, -0.2) is 0 Å². The van der Waals surface area contributed by atoms with Gasteiger partial charge in [0.05, 0.1) is 30.7 Å². The van der Waals surface area contributed by atoms with Crippen LogP contribution in [0.4, 0.5) is 0 Å². The third kappa shape index (κ3) is 2.14. The van der Waals surface area contributed by atoms with Crippen LogP contribution in [0.1, 0.15) is 19.8 Å². The van der Waals surface area contributed by atoms with Gasteiger partial charge in [-0.1, -0.05) is 0 Å². The minimum absolute atomic E-state index is 0.0517. The highest BCUT2D eigenvalue weighted by Gasteiger charge is 2.41. The van der Waals surface area contributed by atoms with Crippen LogP contribution < -0.4 is 5.32 Å². The summed E-state index contributed by atoms with van der Waals surface area (Å²) in [7, 11) is 0. The molecule has 5 heteroatoms. The Morgan fingerprint density at radius 3 is 3.07 bits per heavy atom. The number of hydrogen-bond acceptors (Lipinski definition) is 4. The van der Waals surface area contributed by atoms with Gasteiger partial charge in [0.2, 0.25) is 0 Å². The van der Waals surface area contributed by atoms with Gasteiger partial charge in [0.15, 0.2) is 0 Å². The number of aliphatic hydroxyl groups excluding tert-OH is 2. The lowest BCUT2D eigenvalue weighted by Crippen LogP contribution is -2.49. The summed E-state index contributed by atoms with van der Waals surface area (Å²) in [5, 5.41) is 21.9. The van der Waals surface area contributed by atoms with Crippen LogP contribution in [-0.2, 0) is 4.74 Å². The second kappa shape index (κ2) is 4.47. The molecule has 2 saturated heterocycles. The number of nitrogens with zero attached hydrogens (tertiary/aromatic N) is 1. The monoisotopic (exact) mass is 214 g/mol. The summed E-state index contributed by atoms with van der Waals surface area (Å²) >= 11 is 0. The first-order chi connectivity index (χ1) is 7.24. The van der Waals surface area contributed by atoms with Gasteiger partial charge < -0.3 is 20.3 Å². The predicted octanol–water partition coefficient (Wildman–Crippen LogP) is -0.723. The maximum Gasteiger partial charge on any atom is 0.107 e. The average molecular weight is 214 g/mol. The van der Waals surface area contributed by atoms with Gasteiger partial charge in [-0.15, -0.1) is 0 Å². The van der Waals surface area contributed by atoms with Crippen molar-refractivity contribution in [2.45, 2.75) is 44.1 Å². The highest BCUT2D eigenvalue weighted by molar-refractivity contribution is 5.85. The zero-order valence-electron chi connectivity index (χ0n) is 8.89. The second-order valence-electron chi connectivity index (χ2n) is 4.07. The number of aliphatic hydroxyl groups is 2. The van der Waals surface area contributed by atoms with Crippen molar-refractivity contribution in [3.8, 4) is 0 Å². The van der Waals surface area contributed by atoms with E-state index in [1.807, 2.05) is 6.92 Å². The zero-order chi connectivity index (χ0) is 10.8. The van der Waals surface area contributed by atoms with Gasteiger partial charge in [0.1, 0.15) is 6.10 Å². The van der Waals surface area contributed by atoms with Gasteiger partial charge in [-0.2, -0.15) is 0 Å². The normalized spacial score (nSPS) is 42.7. The fourth-order valence-electron chi connectivity index (χ4n) is 2.25. The molecule has 2 heterocycles. The summed E-state index contributed by atoms with van der Waals surface area (Å²) in [5.74, 6) is 0.957. The fraction of sp³-hybridized carbons (Fsp3) is 0.900. The highest BCUT2D eigenvalue weighted by Crippen LogP contribution is 2.26. The van der Waals surface area contributed by atoms with E-state index in [0.29, 0.717) is 6.42 Å². The molecule has 0 unspecified atom stereocenters. The minimum atomic E-state index is -0.579. The average Bonchev–Trinajstić information content (AvgIpc) is 2.58. The van der Waals surface area contributed by atoms with Crippen molar-refractivity contribution in [1.82, 2.24) is 5.32 Å². The number of aliphatic imine (C=N–C) groups is 1. The van der Waals surface area contributed by atoms with Crippen molar-refractivity contribution in [2.24, 2.45) is 4.99 Å². The third-order valence-electron chi connectivity index (χ3n) is 3.00. The summed E-state index contributed by atoms with van der Waals surface area (Å²) < 4.78 is 5.61. The van der Waals surface area contributed by atoms with Crippen LogP contribution in [0.3, 0.4) is 0 Å². The van der Waals surface area contributed by atoms with Crippen LogP contribution >= 0.6 is 0 Å². The summed E-state index contributed by atoms with van der Waals surface area (Å²) in [4.78, 5) is 4.31. The number of amidine groups is 1. The summed E-state index contributed by atoms with van der Waals surface area (Å²) in [6.45, 7) is 2.63. The molecule has 15 heavy (non-hydrogen) atoms. The van der Waals surface area contributed by atoms with Crippen molar-refractivity contribution in [3.05, 3.63) is 0 Å². The van der Waals surface area contributed by atoms with Gasteiger partial charge in [0.25, 0.3) is 0 Å². The van der Waals surface area contributed by atoms with E-state index in [-0.39, 0.29) is 18.8 Å². The SMILES string of the molecule is CCN=C1C[C@H]2O[C@H](CO)[C@@H](O)C[C@H]2N1. The van der Waals surface area contributed by atoms with Crippen LogP contribution in [0.2, 0.25) is 0 Å². The molecule has 2 rings (SSSR count). The zero-order valence-corrected chi connectivity index (χ0v) is 8.89. The molecule has 5 nitrogen and oxygen atoms in total. The molecule has 0 spiro atoms. The van der Waals surface area contributed by atoms with Gasteiger partial charge in [-0.3, -0.25) is 4.99 Å². The van der Waals surface area contributed by atoms with E-state index in [1.165, 1.54) is 0 Å². The Kier molecular flexibility index (Phi) is 3.23. The second-order valence-corrected chi connectivity index (χ2v) is 4.07. The topological polar surface area (TPSA) is 74.1 Å². The lowest BCUT2D eigenvalue weighted by Gasteiger charge is -2.34. The van der Waals surface area contributed by atoms with Crippen LogP contribution in [0.25, 0.3) is 0 Å². The molecule has 0 aromatic rings. The molecule has 0 aromatic heterocycles. The molecule has 0 amide bonds. The Hall–Kier alpha value is -0.650. The molecule has 0 aromatic carbocycles. The van der Waals surface area contributed by atoms with E-state index in [9.17, 15) is 5.11 Å². The fourth-order valence-corrected chi connectivity index (χ4v) is 2.25. The number of nitrogens with one attached hydrogen (secondary N) is 1. The van der Waals surface area contributed by atoms with Crippen molar-refractivity contribution in [3.63, 3.8) is 0 Å². The lowest BCUT2D eigenvalue weighted by atomic mass is 9.97. The predicted molar refractivity (Wildman–Crippen MR) is 55.9 cm³/mol. The van der Waals surface area contributed by atoms with Gasteiger partial charge in [-0.05, 0) is 13.3 Å². The molecule has 2 fully saturated rings. The highest BCUT2D eigenvalue weighted by atomic mass is 16.5. The van der Waals surface area contributed by atoms with Crippen LogP contribution in [0.5, 0.6) is 0 Å². The first kappa shape index (κ1) is 10.9. The largest absolute Gasteiger partial charge is 0.394 e. The molecule has 3 N–H and O–H groups in total. The molecular formula is C10H18N2O3. The van der Waals surface area contributed by atoms with Crippen LogP contribution in [0.15, 0.2) is 4.99 Å². The number of hydrogen-bond donors (Lipinski definition) is 3. The molecule has 0 aliphatic carbocycles. The lowest BCUT2D eigenvalue weighted by molar-refractivity contribution is -0.136. The van der Waals surface area contributed by atoms with Crippen molar-refractivity contribution in [2.75, 3.05) is 13.2 Å². The molecular weight excluding hydrogens is 196 g/mol. The van der Waals surface area contributed by atoms with Crippen molar-refractivity contribution in [1.29, 1.82) is 0 Å². The first-order valence-corrected chi connectivity index (χ1v) is 5.48. The Labute approximate surface area is 89.2 Å². The summed E-state index contributed by atoms with van der Waals surface area (Å²) in [6, 6.07) is 0.146. The van der Waals surface area contributed by atoms with Crippen LogP contribution in [-0.4, -0.2) is 53.6 Å². The number of fused-ring (bicyclic) bond motifs is 1. The Balaban J connectivity index is 2.00. The standard InChI is InChI=1S/C10H18N2O3/c1-2-11-10-4-8-6(12-10)3-7(14)9(5-13)15-8/h6-9,13-14H,2-5H2,1H3,(H,11,12)/t6-,7+,8-,9-/m1/s1. The minimum Gasteiger partial charge on any atom is -0.394 e. The van der Waals surface area contributed by atoms with E-state index >= 15 is 0 Å². The number of rotatable bonds is 2. The van der Waals surface area contributed by atoms with E-state index < -0.39 is 12.2 Å². The maximum atomic E-state index is 9.67. The number of ether oxygens (including phenoxy) is 1. The van der Waals surface area contributed by atoms with E-state index in [2.05, 4.69) is 10.3 Å². The third-order valence-corrected chi connectivity index (χ3v) is 3.00. The molecule has 2 aliphatic heterocycles. The molecule has 0 bridgehead atoms.